The second-order valence-electron chi connectivity index (χ2n) is 6.14. The average molecular weight is 336 g/mol. The van der Waals surface area contributed by atoms with Gasteiger partial charge in [0.25, 0.3) is 0 Å². The first kappa shape index (κ1) is 19.1. The number of amides is 1. The zero-order valence-corrected chi connectivity index (χ0v) is 14.7. The molecule has 1 aliphatic carbocycles. The molecule has 1 saturated heterocycles. The van der Waals surface area contributed by atoms with E-state index in [4.69, 9.17) is 5.73 Å². The molecule has 0 spiro atoms. The van der Waals surface area contributed by atoms with Gasteiger partial charge in [0.05, 0.1) is 6.04 Å². The fourth-order valence-corrected chi connectivity index (χ4v) is 4.40. The van der Waals surface area contributed by atoms with Crippen LogP contribution in [0.2, 0.25) is 0 Å². The van der Waals surface area contributed by atoms with E-state index in [0.29, 0.717) is 0 Å². The van der Waals surface area contributed by atoms with Crippen LogP contribution in [0.15, 0.2) is 0 Å². The van der Waals surface area contributed by atoms with Crippen LogP contribution >= 0.6 is 24.2 Å². The van der Waals surface area contributed by atoms with Crippen LogP contribution in [0.3, 0.4) is 0 Å². The van der Waals surface area contributed by atoms with E-state index in [9.17, 15) is 4.79 Å². The predicted molar refractivity (Wildman–Crippen MR) is 93.2 cm³/mol. The fraction of sp³-hybridized carbons (Fsp3) is 0.933. The largest absolute Gasteiger partial charge is 0.353 e. The molecule has 1 heterocycles. The van der Waals surface area contributed by atoms with Gasteiger partial charge in [-0.25, -0.2) is 0 Å². The lowest BCUT2D eigenvalue weighted by Crippen LogP contribution is -2.57. The van der Waals surface area contributed by atoms with Gasteiger partial charge < -0.3 is 11.1 Å². The Hall–Kier alpha value is 0.0300. The van der Waals surface area contributed by atoms with Crippen molar-refractivity contribution in [2.75, 3.05) is 31.1 Å². The number of carbonyl (C=O) groups is 1. The number of carbonyl (C=O) groups excluding carboxylic acids is 1. The first-order valence-electron chi connectivity index (χ1n) is 8.04. The van der Waals surface area contributed by atoms with Gasteiger partial charge in [0.15, 0.2) is 0 Å². The number of nitrogens with two attached hydrogens (primary N) is 1. The molecule has 0 radical (unpaired) electrons. The van der Waals surface area contributed by atoms with Crippen LogP contribution in [0.4, 0.5) is 0 Å². The quantitative estimate of drug-likeness (QED) is 0.779. The Bertz CT molecular complexity index is 318. The molecule has 1 unspecified atom stereocenters. The Morgan fingerprint density at radius 3 is 2.52 bits per heavy atom. The summed E-state index contributed by atoms with van der Waals surface area (Å²) in [5.41, 5.74) is 6.12. The Morgan fingerprint density at radius 2 is 1.95 bits per heavy atom. The molecule has 1 atom stereocenters. The van der Waals surface area contributed by atoms with Crippen LogP contribution < -0.4 is 11.1 Å². The highest BCUT2D eigenvalue weighted by atomic mass is 35.5. The number of hydrogen-bond donors (Lipinski definition) is 2. The molecule has 3 N–H and O–H groups in total. The summed E-state index contributed by atoms with van der Waals surface area (Å²) >= 11 is 2.04. The van der Waals surface area contributed by atoms with Gasteiger partial charge in [0, 0.05) is 36.7 Å². The van der Waals surface area contributed by atoms with E-state index in [1.54, 1.807) is 0 Å². The summed E-state index contributed by atoms with van der Waals surface area (Å²) in [6.45, 7) is 5.19. The minimum absolute atomic E-state index is 0. The summed E-state index contributed by atoms with van der Waals surface area (Å²) < 4.78 is 0. The van der Waals surface area contributed by atoms with Gasteiger partial charge in [-0.3, -0.25) is 9.69 Å². The van der Waals surface area contributed by atoms with Crippen molar-refractivity contribution < 1.29 is 4.79 Å². The van der Waals surface area contributed by atoms with Gasteiger partial charge in [0.2, 0.25) is 5.91 Å². The second-order valence-corrected chi connectivity index (χ2v) is 7.37. The van der Waals surface area contributed by atoms with Crippen LogP contribution in [0.1, 0.15) is 45.4 Å². The lowest BCUT2D eigenvalue weighted by atomic mass is 9.94. The maximum absolute atomic E-state index is 12.1. The highest BCUT2D eigenvalue weighted by Gasteiger charge is 2.40. The number of thioether (sulfide) groups is 1. The fourth-order valence-electron chi connectivity index (χ4n) is 3.50. The third kappa shape index (κ3) is 5.02. The zero-order valence-electron chi connectivity index (χ0n) is 13.1. The van der Waals surface area contributed by atoms with Gasteiger partial charge in [0.1, 0.15) is 0 Å². The second kappa shape index (κ2) is 9.23. The van der Waals surface area contributed by atoms with Crippen molar-refractivity contribution in [1.29, 1.82) is 0 Å². The molecule has 0 aromatic carbocycles. The van der Waals surface area contributed by atoms with Gasteiger partial charge in [-0.15, -0.1) is 12.4 Å². The molecule has 0 aromatic heterocycles. The maximum atomic E-state index is 12.1. The normalized spacial score (nSPS) is 23.3. The molecule has 2 rings (SSSR count). The van der Waals surface area contributed by atoms with Gasteiger partial charge in [-0.1, -0.05) is 26.2 Å². The first-order valence-corrected chi connectivity index (χ1v) is 9.19. The smallest absolute Gasteiger partial charge is 0.236 e. The van der Waals surface area contributed by atoms with E-state index in [0.717, 1.165) is 19.4 Å². The van der Waals surface area contributed by atoms with Crippen molar-refractivity contribution in [1.82, 2.24) is 10.2 Å². The summed E-state index contributed by atoms with van der Waals surface area (Å²) in [6.07, 6.45) is 6.77. The van der Waals surface area contributed by atoms with E-state index >= 15 is 0 Å². The first-order chi connectivity index (χ1) is 9.68. The Labute approximate surface area is 139 Å². The third-order valence-corrected chi connectivity index (χ3v) is 5.69. The Balaban J connectivity index is 0.00000220. The topological polar surface area (TPSA) is 58.4 Å². The van der Waals surface area contributed by atoms with Crippen molar-refractivity contribution >= 4 is 30.1 Å². The van der Waals surface area contributed by atoms with Gasteiger partial charge in [-0.2, -0.15) is 11.8 Å². The lowest BCUT2D eigenvalue weighted by Gasteiger charge is -2.43. The molecule has 21 heavy (non-hydrogen) atoms. The molecule has 1 saturated carbocycles. The summed E-state index contributed by atoms with van der Waals surface area (Å²) in [5.74, 6) is 2.49. The van der Waals surface area contributed by atoms with Crippen LogP contribution in [-0.2, 0) is 4.79 Å². The van der Waals surface area contributed by atoms with E-state index in [1.807, 2.05) is 11.8 Å². The van der Waals surface area contributed by atoms with E-state index in [1.165, 1.54) is 50.3 Å². The van der Waals surface area contributed by atoms with Gasteiger partial charge in [-0.05, 0) is 19.3 Å². The Morgan fingerprint density at radius 1 is 1.33 bits per heavy atom. The SMILES string of the molecule is CCCC(N)C(=O)NCC1(N2CCSCC2)CCCC1.Cl. The zero-order chi connectivity index (χ0) is 14.4. The molecule has 1 aliphatic heterocycles. The van der Waals surface area contributed by atoms with E-state index in [-0.39, 0.29) is 29.9 Å². The van der Waals surface area contributed by atoms with Crippen LogP contribution in [-0.4, -0.2) is 53.5 Å². The number of nitrogens with zero attached hydrogens (tertiary/aromatic N) is 1. The number of rotatable bonds is 6. The molecule has 2 fully saturated rings. The van der Waals surface area contributed by atoms with Crippen molar-refractivity contribution in [3.8, 4) is 0 Å². The van der Waals surface area contributed by atoms with E-state index < -0.39 is 0 Å². The monoisotopic (exact) mass is 335 g/mol. The van der Waals surface area contributed by atoms with Crippen molar-refractivity contribution in [3.63, 3.8) is 0 Å². The van der Waals surface area contributed by atoms with Crippen LogP contribution in [0.5, 0.6) is 0 Å². The molecule has 124 valence electrons. The highest BCUT2D eigenvalue weighted by molar-refractivity contribution is 7.99. The third-order valence-electron chi connectivity index (χ3n) is 4.74. The number of halogens is 1. The molecular formula is C15H30ClN3OS. The molecular weight excluding hydrogens is 306 g/mol. The molecule has 2 aliphatic rings. The number of hydrogen-bond acceptors (Lipinski definition) is 4. The summed E-state index contributed by atoms with van der Waals surface area (Å²) in [4.78, 5) is 14.7. The minimum Gasteiger partial charge on any atom is -0.353 e. The molecule has 0 aromatic rings. The standard InChI is InChI=1S/C15H29N3OS.ClH/c1-2-5-13(16)14(19)17-12-15(6-3-4-7-15)18-8-10-20-11-9-18;/h13H,2-12,16H2,1H3,(H,17,19);1H. The summed E-state index contributed by atoms with van der Waals surface area (Å²) in [7, 11) is 0. The number of nitrogens with one attached hydrogen (secondary N) is 1. The minimum atomic E-state index is -0.338. The molecule has 1 amide bonds. The van der Waals surface area contributed by atoms with Crippen LogP contribution in [0.25, 0.3) is 0 Å². The molecule has 6 heteroatoms. The molecule has 4 nitrogen and oxygen atoms in total. The maximum Gasteiger partial charge on any atom is 0.236 e. The van der Waals surface area contributed by atoms with Crippen LogP contribution in [0, 0.1) is 0 Å². The van der Waals surface area contributed by atoms with E-state index in [2.05, 4.69) is 17.1 Å². The van der Waals surface area contributed by atoms with Crippen molar-refractivity contribution in [2.45, 2.75) is 57.0 Å². The highest BCUT2D eigenvalue weighted by Crippen LogP contribution is 2.36. The lowest BCUT2D eigenvalue weighted by molar-refractivity contribution is -0.123. The van der Waals surface area contributed by atoms with Crippen molar-refractivity contribution in [3.05, 3.63) is 0 Å². The predicted octanol–water partition coefficient (Wildman–Crippen LogP) is 2.01. The van der Waals surface area contributed by atoms with Crippen molar-refractivity contribution in [2.24, 2.45) is 5.73 Å². The average Bonchev–Trinajstić information content (AvgIpc) is 2.96. The van der Waals surface area contributed by atoms with Gasteiger partial charge >= 0.3 is 0 Å². The Kier molecular flexibility index (Phi) is 8.39. The summed E-state index contributed by atoms with van der Waals surface area (Å²) in [6, 6.07) is -0.338. The molecule has 0 bridgehead atoms. The summed E-state index contributed by atoms with van der Waals surface area (Å²) in [5, 5.41) is 3.13.